The van der Waals surface area contributed by atoms with E-state index in [0.717, 1.165) is 11.3 Å². The molecule has 1 aliphatic carbocycles. The zero-order valence-corrected chi connectivity index (χ0v) is 14.5. The minimum Gasteiger partial charge on any atom is -0.632 e. The number of aliphatic hydroxyl groups excluding tert-OH is 1. The quantitative estimate of drug-likeness (QED) is 0.462. The normalized spacial score (nSPS) is 43.5. The molecule has 5 rings (SSSR count). The van der Waals surface area contributed by atoms with Crippen molar-refractivity contribution in [3.63, 3.8) is 0 Å². The van der Waals surface area contributed by atoms with Crippen LogP contribution >= 0.6 is 0 Å². The number of hydrogen-bond acceptors (Lipinski definition) is 5. The molecule has 0 aromatic heterocycles. The first-order chi connectivity index (χ1) is 12.2. The maximum Gasteiger partial charge on any atom is 0.333 e. The second-order valence-electron chi connectivity index (χ2n) is 8.29. The number of nitrogens with zero attached hydrogens (tertiary/aromatic N) is 1. The van der Waals surface area contributed by atoms with Crippen LogP contribution in [0.5, 0.6) is 0 Å². The van der Waals surface area contributed by atoms with E-state index in [2.05, 4.69) is 5.32 Å². The summed E-state index contributed by atoms with van der Waals surface area (Å²) in [4.78, 5) is 12.2. The monoisotopic (exact) mass is 358 g/mol. The van der Waals surface area contributed by atoms with Gasteiger partial charge in [-0.2, -0.15) is 0 Å². The van der Waals surface area contributed by atoms with Crippen molar-refractivity contribution in [1.29, 1.82) is 0 Å². The molecule has 3 heterocycles. The van der Waals surface area contributed by atoms with E-state index < -0.39 is 33.7 Å². The SMILES string of the molecule is C[C@H](O)[C@]1(O)C[N+]2([O-])CC[C@]34C(=C(C(=O)O)[C@H]1C[C@@H]32)Nc1ccccc14. The Labute approximate surface area is 150 Å². The number of piperidine rings is 1. The third-order valence-electron chi connectivity index (χ3n) is 7.29. The topological polar surface area (TPSA) is 113 Å². The Hall–Kier alpha value is -1.93. The molecule has 2 fully saturated rings. The van der Waals surface area contributed by atoms with Crippen LogP contribution in [0.3, 0.4) is 0 Å². The van der Waals surface area contributed by atoms with Crippen molar-refractivity contribution in [2.24, 2.45) is 5.92 Å². The lowest BCUT2D eigenvalue weighted by atomic mass is 9.58. The van der Waals surface area contributed by atoms with Gasteiger partial charge in [-0.3, -0.25) is 0 Å². The van der Waals surface area contributed by atoms with Gasteiger partial charge >= 0.3 is 5.97 Å². The van der Waals surface area contributed by atoms with Crippen LogP contribution in [0.1, 0.15) is 25.3 Å². The van der Waals surface area contributed by atoms with E-state index >= 15 is 0 Å². The third-order valence-corrected chi connectivity index (χ3v) is 7.29. The van der Waals surface area contributed by atoms with E-state index in [9.17, 15) is 25.3 Å². The number of fused-ring (bicyclic) bond motifs is 2. The Morgan fingerprint density at radius 2 is 2.15 bits per heavy atom. The number of carboxylic acids is 1. The number of nitrogens with one attached hydrogen (secondary N) is 1. The molecule has 3 aliphatic heterocycles. The Morgan fingerprint density at radius 1 is 1.42 bits per heavy atom. The van der Waals surface area contributed by atoms with Crippen LogP contribution in [0.25, 0.3) is 0 Å². The maximum atomic E-state index is 13.7. The van der Waals surface area contributed by atoms with Crippen LogP contribution in [-0.4, -0.2) is 56.8 Å². The zero-order chi connectivity index (χ0) is 18.5. The highest BCUT2D eigenvalue weighted by atomic mass is 16.6. The van der Waals surface area contributed by atoms with Gasteiger partial charge in [0.05, 0.1) is 23.6 Å². The van der Waals surface area contributed by atoms with Gasteiger partial charge in [0.2, 0.25) is 0 Å². The number of aliphatic carboxylic acids is 1. The smallest absolute Gasteiger partial charge is 0.333 e. The fraction of sp³-hybridized carbons (Fsp3) is 0.526. The van der Waals surface area contributed by atoms with Gasteiger partial charge in [0.1, 0.15) is 18.2 Å². The van der Waals surface area contributed by atoms with E-state index in [1.54, 1.807) is 0 Å². The van der Waals surface area contributed by atoms with Crippen molar-refractivity contribution in [2.45, 2.75) is 42.9 Å². The van der Waals surface area contributed by atoms with Gasteiger partial charge in [-0.15, -0.1) is 0 Å². The molecular weight excluding hydrogens is 336 g/mol. The summed E-state index contributed by atoms with van der Waals surface area (Å²) in [5.41, 5.74) is 0.101. The lowest BCUT2D eigenvalue weighted by Crippen LogP contribution is -2.71. The summed E-state index contributed by atoms with van der Waals surface area (Å²) in [6.45, 7) is 1.57. The van der Waals surface area contributed by atoms with Crippen molar-refractivity contribution in [1.82, 2.24) is 0 Å². The van der Waals surface area contributed by atoms with Crippen molar-refractivity contribution < 1.29 is 24.8 Å². The molecule has 0 amide bonds. The molecule has 4 aliphatic rings. The minimum absolute atomic E-state index is 0.119. The second-order valence-corrected chi connectivity index (χ2v) is 8.29. The number of hydroxylamine groups is 3. The molecule has 138 valence electrons. The number of anilines is 1. The van der Waals surface area contributed by atoms with Crippen molar-refractivity contribution >= 4 is 11.7 Å². The van der Waals surface area contributed by atoms with Gasteiger partial charge in [-0.25, -0.2) is 4.79 Å². The Morgan fingerprint density at radius 3 is 2.85 bits per heavy atom. The summed E-state index contributed by atoms with van der Waals surface area (Å²) in [5, 5.41) is 48.4. The molecule has 2 bridgehead atoms. The summed E-state index contributed by atoms with van der Waals surface area (Å²) in [6.07, 6.45) is -0.379. The van der Waals surface area contributed by atoms with E-state index in [1.807, 2.05) is 24.3 Å². The standard InChI is InChI=1S/C19H22N2O5/c1-10(22)19(25)9-21(26)7-6-18-11-4-2-3-5-13(11)20-16(18)15(17(23)24)12(19)8-14(18)21/h2-5,10,12,14,20,22,25H,6-9H2,1H3,(H,23,24)/t10-,12+,14-,18+,19+,21?/m0/s1. The van der Waals surface area contributed by atoms with Crippen molar-refractivity contribution in [3.05, 3.63) is 46.3 Å². The van der Waals surface area contributed by atoms with Crippen molar-refractivity contribution in [2.75, 3.05) is 18.4 Å². The molecule has 1 aromatic rings. The van der Waals surface area contributed by atoms with E-state index in [-0.39, 0.29) is 24.6 Å². The maximum absolute atomic E-state index is 13.7. The molecule has 1 unspecified atom stereocenters. The van der Waals surface area contributed by atoms with Gasteiger partial charge in [0.25, 0.3) is 0 Å². The molecule has 1 spiro atoms. The average Bonchev–Trinajstić information content (AvgIpc) is 3.08. The number of carbonyl (C=O) groups is 1. The van der Waals surface area contributed by atoms with Crippen LogP contribution in [0, 0.1) is 11.1 Å². The highest BCUT2D eigenvalue weighted by Gasteiger charge is 2.71. The number of rotatable bonds is 2. The van der Waals surface area contributed by atoms with Gasteiger partial charge in [0.15, 0.2) is 0 Å². The number of carboxylic acid groups (broad SMARTS) is 1. The molecule has 7 heteroatoms. The molecule has 4 N–H and O–H groups in total. The Kier molecular flexibility index (Phi) is 2.92. The summed E-state index contributed by atoms with van der Waals surface area (Å²) >= 11 is 0. The zero-order valence-electron chi connectivity index (χ0n) is 14.5. The Balaban J connectivity index is 1.84. The van der Waals surface area contributed by atoms with Crippen LogP contribution in [0.4, 0.5) is 5.69 Å². The first-order valence-corrected chi connectivity index (χ1v) is 9.07. The fourth-order valence-electron chi connectivity index (χ4n) is 6.14. The second kappa shape index (κ2) is 4.67. The molecule has 7 nitrogen and oxygen atoms in total. The highest BCUT2D eigenvalue weighted by Crippen LogP contribution is 2.64. The summed E-state index contributed by atoms with van der Waals surface area (Å²) in [5.74, 6) is -1.87. The van der Waals surface area contributed by atoms with Crippen LogP contribution in [-0.2, 0) is 10.2 Å². The number of para-hydroxylation sites is 1. The summed E-state index contributed by atoms with van der Waals surface area (Å²) < 4.78 is -0.579. The number of quaternary nitrogens is 1. The predicted octanol–water partition coefficient (Wildman–Crippen LogP) is 0.921. The first kappa shape index (κ1) is 16.3. The molecule has 6 atom stereocenters. The molecule has 2 saturated heterocycles. The van der Waals surface area contributed by atoms with Crippen LogP contribution in [0.15, 0.2) is 35.5 Å². The molecular formula is C19H22N2O5. The molecule has 0 saturated carbocycles. The highest BCUT2D eigenvalue weighted by molar-refractivity contribution is 5.92. The van der Waals surface area contributed by atoms with E-state index in [4.69, 9.17) is 0 Å². The van der Waals surface area contributed by atoms with Gasteiger partial charge in [-0.1, -0.05) is 18.2 Å². The first-order valence-electron chi connectivity index (χ1n) is 9.07. The summed E-state index contributed by atoms with van der Waals surface area (Å²) in [6, 6.07) is 7.32. The number of benzene rings is 1. The minimum atomic E-state index is -1.74. The van der Waals surface area contributed by atoms with Gasteiger partial charge < -0.3 is 30.5 Å². The van der Waals surface area contributed by atoms with Crippen molar-refractivity contribution in [3.8, 4) is 0 Å². The predicted molar refractivity (Wildman–Crippen MR) is 92.9 cm³/mol. The van der Waals surface area contributed by atoms with E-state index in [1.165, 1.54) is 6.92 Å². The summed E-state index contributed by atoms with van der Waals surface area (Å²) in [7, 11) is 0. The van der Waals surface area contributed by atoms with E-state index in [0.29, 0.717) is 18.7 Å². The van der Waals surface area contributed by atoms with Gasteiger partial charge in [0, 0.05) is 30.1 Å². The average molecular weight is 358 g/mol. The fourth-order valence-corrected chi connectivity index (χ4v) is 6.14. The number of hydrogen-bond donors (Lipinski definition) is 4. The van der Waals surface area contributed by atoms with Crippen LogP contribution < -0.4 is 5.32 Å². The molecule has 26 heavy (non-hydrogen) atoms. The van der Waals surface area contributed by atoms with Gasteiger partial charge in [-0.05, 0) is 18.6 Å². The molecule has 0 radical (unpaired) electrons. The number of aliphatic hydroxyl groups is 2. The lowest BCUT2D eigenvalue weighted by molar-refractivity contribution is -0.909. The molecule has 1 aromatic carbocycles. The Bertz CT molecular complexity index is 867. The van der Waals surface area contributed by atoms with Crippen LogP contribution in [0.2, 0.25) is 0 Å². The largest absolute Gasteiger partial charge is 0.632 e. The lowest BCUT2D eigenvalue weighted by Gasteiger charge is -2.60. The third kappa shape index (κ3) is 1.61.